The number of nitrogens with one attached hydrogen (secondary N) is 1. The largest absolute Gasteiger partial charge is 0.496 e. The number of aryl methyl sites for hydroxylation is 1. The van der Waals surface area contributed by atoms with E-state index in [4.69, 9.17) is 9.47 Å². The van der Waals surface area contributed by atoms with Crippen molar-refractivity contribution in [1.29, 1.82) is 0 Å². The molecule has 4 heteroatoms. The van der Waals surface area contributed by atoms with Crippen LogP contribution in [0.25, 0.3) is 0 Å². The second kappa shape index (κ2) is 7.68. The van der Waals surface area contributed by atoms with Gasteiger partial charge in [-0.05, 0) is 44.5 Å². The third-order valence-electron chi connectivity index (χ3n) is 3.64. The fourth-order valence-corrected chi connectivity index (χ4v) is 2.38. The van der Waals surface area contributed by atoms with Crippen molar-refractivity contribution in [2.45, 2.75) is 32.9 Å². The van der Waals surface area contributed by atoms with Gasteiger partial charge in [0, 0.05) is 5.56 Å². The number of hydrogen-bond acceptors (Lipinski definition) is 3. The van der Waals surface area contributed by atoms with Crippen LogP contribution in [-0.4, -0.2) is 19.1 Å². The lowest BCUT2D eigenvalue weighted by molar-refractivity contribution is -0.127. The van der Waals surface area contributed by atoms with E-state index in [9.17, 15) is 4.79 Å². The molecule has 2 atom stereocenters. The Kier molecular flexibility index (Phi) is 5.63. The Morgan fingerprint density at radius 3 is 2.52 bits per heavy atom. The smallest absolute Gasteiger partial charge is 0.261 e. The Morgan fingerprint density at radius 2 is 1.83 bits per heavy atom. The van der Waals surface area contributed by atoms with Crippen LogP contribution in [0.5, 0.6) is 11.5 Å². The van der Waals surface area contributed by atoms with E-state index in [1.807, 2.05) is 62.4 Å². The van der Waals surface area contributed by atoms with Crippen LogP contribution in [0.3, 0.4) is 0 Å². The molecule has 4 nitrogen and oxygen atoms in total. The number of rotatable bonds is 6. The van der Waals surface area contributed by atoms with Crippen molar-refractivity contribution in [2.75, 3.05) is 7.11 Å². The summed E-state index contributed by atoms with van der Waals surface area (Å²) in [4.78, 5) is 12.3. The molecule has 1 N–H and O–H groups in total. The Labute approximate surface area is 137 Å². The molecule has 122 valence electrons. The molecule has 0 radical (unpaired) electrons. The number of benzene rings is 2. The summed E-state index contributed by atoms with van der Waals surface area (Å²) in [6, 6.07) is 15.1. The summed E-state index contributed by atoms with van der Waals surface area (Å²) in [6.07, 6.45) is -0.575. The molecule has 0 aromatic heterocycles. The Morgan fingerprint density at radius 1 is 1.09 bits per heavy atom. The number of carbonyl (C=O) groups excluding carboxylic acids is 1. The molecule has 0 fully saturated rings. The van der Waals surface area contributed by atoms with Crippen LogP contribution in [-0.2, 0) is 4.79 Å². The first-order valence-electron chi connectivity index (χ1n) is 7.68. The molecule has 0 saturated carbocycles. The number of methoxy groups -OCH3 is 1. The average Bonchev–Trinajstić information content (AvgIpc) is 2.54. The molecule has 23 heavy (non-hydrogen) atoms. The number of para-hydroxylation sites is 1. The van der Waals surface area contributed by atoms with E-state index < -0.39 is 6.10 Å². The van der Waals surface area contributed by atoms with Gasteiger partial charge < -0.3 is 14.8 Å². The van der Waals surface area contributed by atoms with Gasteiger partial charge in [-0.3, -0.25) is 4.79 Å². The minimum absolute atomic E-state index is 0.162. The van der Waals surface area contributed by atoms with E-state index in [2.05, 4.69) is 5.32 Å². The van der Waals surface area contributed by atoms with Crippen LogP contribution < -0.4 is 14.8 Å². The zero-order chi connectivity index (χ0) is 16.8. The maximum Gasteiger partial charge on any atom is 0.261 e. The molecule has 0 spiro atoms. The lowest BCUT2D eigenvalue weighted by atomic mass is 10.1. The fourth-order valence-electron chi connectivity index (χ4n) is 2.38. The SMILES string of the molecule is COc1ccccc1[C@H](C)NC(=O)[C@@H](C)Oc1cccc(C)c1. The molecule has 0 heterocycles. The highest BCUT2D eigenvalue weighted by Crippen LogP contribution is 2.24. The van der Waals surface area contributed by atoms with E-state index in [0.717, 1.165) is 16.9 Å². The first kappa shape index (κ1) is 16.9. The van der Waals surface area contributed by atoms with Gasteiger partial charge in [0.2, 0.25) is 0 Å². The summed E-state index contributed by atoms with van der Waals surface area (Å²) in [6.45, 7) is 5.66. The third-order valence-corrected chi connectivity index (χ3v) is 3.64. The van der Waals surface area contributed by atoms with Crippen LogP contribution in [0, 0.1) is 6.92 Å². The van der Waals surface area contributed by atoms with Crippen molar-refractivity contribution < 1.29 is 14.3 Å². The quantitative estimate of drug-likeness (QED) is 0.885. The van der Waals surface area contributed by atoms with Gasteiger partial charge >= 0.3 is 0 Å². The summed E-state index contributed by atoms with van der Waals surface area (Å²) >= 11 is 0. The summed E-state index contributed by atoms with van der Waals surface area (Å²) < 4.78 is 11.0. The molecule has 0 aliphatic rings. The molecule has 0 bridgehead atoms. The zero-order valence-electron chi connectivity index (χ0n) is 14.0. The second-order valence-corrected chi connectivity index (χ2v) is 5.55. The summed E-state index contributed by atoms with van der Waals surface area (Å²) in [5.74, 6) is 1.29. The lowest BCUT2D eigenvalue weighted by Gasteiger charge is -2.20. The van der Waals surface area contributed by atoms with Crippen molar-refractivity contribution in [3.63, 3.8) is 0 Å². The molecule has 0 aliphatic heterocycles. The predicted octanol–water partition coefficient (Wildman–Crippen LogP) is 3.65. The van der Waals surface area contributed by atoms with Gasteiger partial charge in [0.05, 0.1) is 13.2 Å². The molecular weight excluding hydrogens is 290 g/mol. The van der Waals surface area contributed by atoms with Crippen molar-refractivity contribution in [3.05, 3.63) is 59.7 Å². The van der Waals surface area contributed by atoms with E-state index in [1.165, 1.54) is 0 Å². The predicted molar refractivity (Wildman–Crippen MR) is 90.8 cm³/mol. The van der Waals surface area contributed by atoms with Crippen LogP contribution in [0.1, 0.15) is 31.0 Å². The zero-order valence-corrected chi connectivity index (χ0v) is 14.0. The number of hydrogen-bond donors (Lipinski definition) is 1. The molecule has 0 aliphatic carbocycles. The van der Waals surface area contributed by atoms with Gasteiger partial charge in [-0.1, -0.05) is 30.3 Å². The Hall–Kier alpha value is -2.49. The highest BCUT2D eigenvalue weighted by Gasteiger charge is 2.19. The van der Waals surface area contributed by atoms with Gasteiger partial charge in [-0.15, -0.1) is 0 Å². The maximum absolute atomic E-state index is 12.3. The number of carbonyl (C=O) groups is 1. The van der Waals surface area contributed by atoms with E-state index in [0.29, 0.717) is 5.75 Å². The van der Waals surface area contributed by atoms with Crippen LogP contribution in [0.2, 0.25) is 0 Å². The number of ether oxygens (including phenoxy) is 2. The van der Waals surface area contributed by atoms with Crippen LogP contribution in [0.4, 0.5) is 0 Å². The highest BCUT2D eigenvalue weighted by molar-refractivity contribution is 5.81. The molecule has 1 amide bonds. The van der Waals surface area contributed by atoms with Gasteiger partial charge in [-0.25, -0.2) is 0 Å². The van der Waals surface area contributed by atoms with E-state index in [-0.39, 0.29) is 11.9 Å². The van der Waals surface area contributed by atoms with Crippen molar-refractivity contribution in [1.82, 2.24) is 5.32 Å². The molecule has 2 aromatic rings. The molecule has 2 aromatic carbocycles. The Balaban J connectivity index is 2.00. The fraction of sp³-hybridized carbons (Fsp3) is 0.316. The number of amides is 1. The Bertz CT molecular complexity index is 669. The van der Waals surface area contributed by atoms with Gasteiger partial charge in [0.1, 0.15) is 11.5 Å². The van der Waals surface area contributed by atoms with Crippen LogP contribution >= 0.6 is 0 Å². The van der Waals surface area contributed by atoms with E-state index in [1.54, 1.807) is 14.0 Å². The minimum Gasteiger partial charge on any atom is -0.496 e. The molecule has 2 rings (SSSR count). The standard InChI is InChI=1S/C19H23NO3/c1-13-8-7-9-16(12-13)23-15(3)19(21)20-14(2)17-10-5-6-11-18(17)22-4/h5-12,14-15H,1-4H3,(H,20,21)/t14-,15+/m0/s1. The van der Waals surface area contributed by atoms with Crippen molar-refractivity contribution in [3.8, 4) is 11.5 Å². The topological polar surface area (TPSA) is 47.6 Å². The lowest BCUT2D eigenvalue weighted by Crippen LogP contribution is -2.37. The maximum atomic E-state index is 12.3. The first-order chi connectivity index (χ1) is 11.0. The highest BCUT2D eigenvalue weighted by atomic mass is 16.5. The third kappa shape index (κ3) is 4.49. The van der Waals surface area contributed by atoms with Gasteiger partial charge in [0.15, 0.2) is 6.10 Å². The summed E-state index contributed by atoms with van der Waals surface area (Å²) in [7, 11) is 1.62. The monoisotopic (exact) mass is 313 g/mol. The van der Waals surface area contributed by atoms with Gasteiger partial charge in [-0.2, -0.15) is 0 Å². The summed E-state index contributed by atoms with van der Waals surface area (Å²) in [5.41, 5.74) is 2.03. The van der Waals surface area contributed by atoms with E-state index >= 15 is 0 Å². The van der Waals surface area contributed by atoms with Crippen molar-refractivity contribution in [2.24, 2.45) is 0 Å². The molecule has 0 unspecified atom stereocenters. The normalized spacial score (nSPS) is 13.0. The van der Waals surface area contributed by atoms with Gasteiger partial charge in [0.25, 0.3) is 5.91 Å². The average molecular weight is 313 g/mol. The summed E-state index contributed by atoms with van der Waals surface area (Å²) in [5, 5.41) is 2.96. The van der Waals surface area contributed by atoms with Crippen molar-refractivity contribution >= 4 is 5.91 Å². The molecule has 0 saturated heterocycles. The van der Waals surface area contributed by atoms with Crippen LogP contribution in [0.15, 0.2) is 48.5 Å². The first-order valence-corrected chi connectivity index (χ1v) is 7.68. The minimum atomic E-state index is -0.575. The molecular formula is C19H23NO3. The second-order valence-electron chi connectivity index (χ2n) is 5.55.